The van der Waals surface area contributed by atoms with Crippen molar-refractivity contribution in [2.24, 2.45) is 0 Å². The zero-order chi connectivity index (χ0) is 14.0. The molecule has 0 saturated carbocycles. The highest BCUT2D eigenvalue weighted by molar-refractivity contribution is 5.79. The van der Waals surface area contributed by atoms with E-state index < -0.39 is 17.6 Å². The third-order valence-electron chi connectivity index (χ3n) is 3.01. The molecule has 2 N–H and O–H groups in total. The van der Waals surface area contributed by atoms with Gasteiger partial charge in [0.25, 0.3) is 0 Å². The Bertz CT molecular complexity index is 641. The second-order valence-electron chi connectivity index (χ2n) is 4.75. The van der Waals surface area contributed by atoms with Crippen molar-refractivity contribution < 1.29 is 14.3 Å². The fourth-order valence-electron chi connectivity index (χ4n) is 2.01. The van der Waals surface area contributed by atoms with Crippen molar-refractivity contribution in [2.45, 2.75) is 12.3 Å². The molecule has 0 spiro atoms. The summed E-state index contributed by atoms with van der Waals surface area (Å²) in [6.45, 7) is 0.677. The number of nitrogens with one attached hydrogen (secondary N) is 1. The number of benzene rings is 1. The number of aliphatic carboxylic acids is 1. The molecule has 1 heterocycles. The first-order valence-electron chi connectivity index (χ1n) is 5.97. The van der Waals surface area contributed by atoms with Crippen LogP contribution in [0.4, 0.5) is 0 Å². The van der Waals surface area contributed by atoms with E-state index in [2.05, 4.69) is 4.98 Å². The van der Waals surface area contributed by atoms with Gasteiger partial charge in [-0.3, -0.25) is 9.78 Å². The summed E-state index contributed by atoms with van der Waals surface area (Å²) in [5, 5.41) is 9.30. The molecule has 0 bridgehead atoms. The van der Waals surface area contributed by atoms with Crippen LogP contribution in [0.5, 0.6) is 0 Å². The third-order valence-corrected chi connectivity index (χ3v) is 3.01. The molecule has 0 aliphatic carbocycles. The summed E-state index contributed by atoms with van der Waals surface area (Å²) in [6, 6.07) is 4.97. The van der Waals surface area contributed by atoms with Crippen molar-refractivity contribution >= 4 is 17.1 Å². The Morgan fingerprint density at radius 2 is 2.21 bits per heavy atom. The Morgan fingerprint density at radius 1 is 1.47 bits per heavy atom. The smallest absolute Gasteiger partial charge is 0.417 e. The van der Waals surface area contributed by atoms with E-state index in [1.807, 2.05) is 19.0 Å². The lowest BCUT2D eigenvalue weighted by Gasteiger charge is -2.15. The summed E-state index contributed by atoms with van der Waals surface area (Å²) in [6.07, 6.45) is 0.510. The fraction of sp³-hybridized carbons (Fsp3) is 0.385. The maximum atomic E-state index is 11.3. The Hall–Kier alpha value is -2.08. The lowest BCUT2D eigenvalue weighted by Crippen LogP contribution is -2.20. The molecule has 0 radical (unpaired) electrons. The maximum Gasteiger partial charge on any atom is 0.417 e. The van der Waals surface area contributed by atoms with Gasteiger partial charge in [-0.25, -0.2) is 4.79 Å². The number of hydrogen-bond acceptors (Lipinski definition) is 4. The van der Waals surface area contributed by atoms with Gasteiger partial charge in [-0.2, -0.15) is 0 Å². The van der Waals surface area contributed by atoms with Crippen LogP contribution in [0.2, 0.25) is 0 Å². The van der Waals surface area contributed by atoms with E-state index in [1.54, 1.807) is 18.2 Å². The molecule has 0 saturated heterocycles. The largest absolute Gasteiger partial charge is 0.481 e. The molecule has 6 nitrogen and oxygen atoms in total. The van der Waals surface area contributed by atoms with Crippen LogP contribution in [-0.2, 0) is 4.79 Å². The first kappa shape index (κ1) is 13.4. The molecule has 6 heteroatoms. The third kappa shape index (κ3) is 3.03. The number of nitrogens with zero attached hydrogens (tertiary/aromatic N) is 1. The van der Waals surface area contributed by atoms with Gasteiger partial charge in [-0.15, -0.1) is 0 Å². The minimum atomic E-state index is -0.868. The Labute approximate surface area is 109 Å². The van der Waals surface area contributed by atoms with Crippen molar-refractivity contribution in [3.05, 3.63) is 34.3 Å². The van der Waals surface area contributed by atoms with Gasteiger partial charge < -0.3 is 14.4 Å². The molecule has 1 aromatic heterocycles. The highest BCUT2D eigenvalue weighted by Crippen LogP contribution is 2.23. The van der Waals surface area contributed by atoms with Gasteiger partial charge >= 0.3 is 11.7 Å². The average Bonchev–Trinajstić information content (AvgIpc) is 2.67. The number of H-pyrrole nitrogens is 1. The molecule has 0 fully saturated rings. The summed E-state index contributed by atoms with van der Waals surface area (Å²) in [5.74, 6) is -2.00. The lowest BCUT2D eigenvalue weighted by molar-refractivity contribution is -0.139. The van der Waals surface area contributed by atoms with E-state index in [0.29, 0.717) is 29.6 Å². The monoisotopic (exact) mass is 264 g/mol. The van der Waals surface area contributed by atoms with Gasteiger partial charge in [0.1, 0.15) is 0 Å². The molecule has 19 heavy (non-hydrogen) atoms. The first-order valence-corrected chi connectivity index (χ1v) is 5.97. The second kappa shape index (κ2) is 5.27. The molecule has 0 aliphatic rings. The van der Waals surface area contributed by atoms with Crippen LogP contribution in [0.1, 0.15) is 17.9 Å². The zero-order valence-corrected chi connectivity index (χ0v) is 10.8. The molecule has 0 amide bonds. The summed E-state index contributed by atoms with van der Waals surface area (Å²) in [4.78, 5) is 26.9. The van der Waals surface area contributed by atoms with E-state index in [-0.39, 0.29) is 0 Å². The Balaban J connectivity index is 2.32. The van der Waals surface area contributed by atoms with E-state index in [0.717, 1.165) is 0 Å². The lowest BCUT2D eigenvalue weighted by atomic mass is 9.95. The van der Waals surface area contributed by atoms with Crippen LogP contribution >= 0.6 is 0 Å². The first-order chi connectivity index (χ1) is 8.97. The Morgan fingerprint density at radius 3 is 2.84 bits per heavy atom. The quantitative estimate of drug-likeness (QED) is 0.848. The van der Waals surface area contributed by atoms with Crippen LogP contribution in [0, 0.1) is 0 Å². The number of hydrogen-bond donors (Lipinski definition) is 2. The number of aromatic amines is 1. The summed E-state index contributed by atoms with van der Waals surface area (Å²) >= 11 is 0. The standard InChI is InChI=1S/C13H16N2O4/c1-15(2)6-5-9(12(16)17)8-3-4-11-10(7-8)14-13(18)19-11/h3-4,7,9H,5-6H2,1-2H3,(H,14,18)(H,16,17). The fourth-order valence-corrected chi connectivity index (χ4v) is 2.01. The van der Waals surface area contributed by atoms with Gasteiger partial charge in [0, 0.05) is 0 Å². The highest BCUT2D eigenvalue weighted by Gasteiger charge is 2.20. The van der Waals surface area contributed by atoms with Gasteiger partial charge in [-0.1, -0.05) is 6.07 Å². The molecule has 2 rings (SSSR count). The van der Waals surface area contributed by atoms with E-state index in [1.165, 1.54) is 0 Å². The Kier molecular flexibility index (Phi) is 3.71. The van der Waals surface area contributed by atoms with Crippen molar-refractivity contribution in [1.29, 1.82) is 0 Å². The van der Waals surface area contributed by atoms with Crippen LogP contribution < -0.4 is 5.76 Å². The van der Waals surface area contributed by atoms with Gasteiger partial charge in [0.05, 0.1) is 11.4 Å². The zero-order valence-electron chi connectivity index (χ0n) is 10.8. The molecule has 0 aliphatic heterocycles. The number of rotatable bonds is 5. The topological polar surface area (TPSA) is 86.5 Å². The normalized spacial score (nSPS) is 13.0. The van der Waals surface area contributed by atoms with E-state index in [4.69, 9.17) is 4.42 Å². The van der Waals surface area contributed by atoms with Crippen molar-refractivity contribution in [2.75, 3.05) is 20.6 Å². The highest BCUT2D eigenvalue weighted by atomic mass is 16.4. The average molecular weight is 264 g/mol. The summed E-state index contributed by atoms with van der Waals surface area (Å²) < 4.78 is 4.89. The number of aromatic nitrogens is 1. The molecule has 1 atom stereocenters. The van der Waals surface area contributed by atoms with Crippen molar-refractivity contribution in [1.82, 2.24) is 9.88 Å². The van der Waals surface area contributed by atoms with Gasteiger partial charge in [-0.05, 0) is 44.8 Å². The SMILES string of the molecule is CN(C)CCC(C(=O)O)c1ccc2oc(=O)[nH]c2c1. The molecule has 1 unspecified atom stereocenters. The number of carboxylic acid groups (broad SMARTS) is 1. The number of carboxylic acids is 1. The summed E-state index contributed by atoms with van der Waals surface area (Å²) in [5.41, 5.74) is 1.63. The van der Waals surface area contributed by atoms with E-state index >= 15 is 0 Å². The van der Waals surface area contributed by atoms with Gasteiger partial charge in [0.2, 0.25) is 0 Å². The van der Waals surface area contributed by atoms with Crippen LogP contribution in [0.3, 0.4) is 0 Å². The van der Waals surface area contributed by atoms with Crippen LogP contribution in [0.25, 0.3) is 11.1 Å². The number of carbonyl (C=O) groups is 1. The van der Waals surface area contributed by atoms with Gasteiger partial charge in [0.15, 0.2) is 5.58 Å². The predicted molar refractivity (Wildman–Crippen MR) is 70.4 cm³/mol. The number of oxazole rings is 1. The molecule has 2 aromatic rings. The predicted octanol–water partition coefficient (Wildman–Crippen LogP) is 1.24. The molecular formula is C13H16N2O4. The maximum absolute atomic E-state index is 11.3. The minimum absolute atomic E-state index is 0.436. The van der Waals surface area contributed by atoms with Crippen molar-refractivity contribution in [3.63, 3.8) is 0 Å². The van der Waals surface area contributed by atoms with Crippen molar-refractivity contribution in [3.8, 4) is 0 Å². The summed E-state index contributed by atoms with van der Waals surface area (Å²) in [7, 11) is 3.80. The van der Waals surface area contributed by atoms with E-state index in [9.17, 15) is 14.7 Å². The second-order valence-corrected chi connectivity index (χ2v) is 4.75. The number of fused-ring (bicyclic) bond motifs is 1. The minimum Gasteiger partial charge on any atom is -0.481 e. The molecule has 102 valence electrons. The van der Waals surface area contributed by atoms with Crippen LogP contribution in [0.15, 0.2) is 27.4 Å². The molecule has 1 aromatic carbocycles. The molecular weight excluding hydrogens is 248 g/mol. The van der Waals surface area contributed by atoms with Crippen LogP contribution in [-0.4, -0.2) is 41.6 Å².